The first-order valence-corrected chi connectivity index (χ1v) is 14.3. The number of amides is 1. The molecule has 1 atom stereocenters. The van der Waals surface area contributed by atoms with E-state index in [4.69, 9.17) is 14.2 Å². The van der Waals surface area contributed by atoms with Crippen molar-refractivity contribution in [2.45, 2.75) is 46.6 Å². The van der Waals surface area contributed by atoms with Gasteiger partial charge < -0.3 is 19.3 Å². The zero-order valence-corrected chi connectivity index (χ0v) is 24.6. The van der Waals surface area contributed by atoms with Crippen LogP contribution in [0.25, 0.3) is 5.76 Å². The molecular weight excluding hydrogens is 544 g/mol. The van der Waals surface area contributed by atoms with E-state index >= 15 is 0 Å². The number of ether oxygens (including phenoxy) is 3. The number of ketones is 1. The van der Waals surface area contributed by atoms with Gasteiger partial charge in [-0.05, 0) is 61.2 Å². The van der Waals surface area contributed by atoms with E-state index < -0.39 is 23.7 Å². The average Bonchev–Trinajstić information content (AvgIpc) is 3.48. The number of aromatic nitrogens is 1. The van der Waals surface area contributed by atoms with Crippen LogP contribution in [-0.2, 0) is 14.3 Å². The summed E-state index contributed by atoms with van der Waals surface area (Å²) in [4.78, 5) is 45.7. The minimum Gasteiger partial charge on any atom is -0.507 e. The number of carbonyl (C=O) groups excluding carboxylic acids is 3. The van der Waals surface area contributed by atoms with Gasteiger partial charge in [0.05, 0.1) is 37.6 Å². The second kappa shape index (κ2) is 13.0. The van der Waals surface area contributed by atoms with Crippen molar-refractivity contribution < 1.29 is 33.7 Å². The van der Waals surface area contributed by atoms with Gasteiger partial charge >= 0.3 is 11.9 Å². The number of rotatable bonds is 11. The van der Waals surface area contributed by atoms with Crippen molar-refractivity contribution in [3.63, 3.8) is 0 Å². The number of Topliss-reactive ketones (excluding diaryl/α,β-unsaturated/α-hetero) is 1. The number of nitrogens with zero attached hydrogens (tertiary/aromatic N) is 2. The molecule has 9 nitrogen and oxygen atoms in total. The molecule has 0 radical (unpaired) electrons. The van der Waals surface area contributed by atoms with Gasteiger partial charge in [-0.15, -0.1) is 0 Å². The number of thiazole rings is 1. The number of unbranched alkanes of at least 4 members (excludes halogenated alkanes) is 1. The van der Waals surface area contributed by atoms with Gasteiger partial charge in [0.15, 0.2) is 5.13 Å². The number of aliphatic hydroxyl groups is 1. The Balaban J connectivity index is 1.78. The van der Waals surface area contributed by atoms with Crippen LogP contribution in [-0.4, -0.2) is 48.1 Å². The van der Waals surface area contributed by atoms with Gasteiger partial charge in [0.1, 0.15) is 22.1 Å². The number of aryl methyl sites for hydroxylation is 1. The molecule has 41 heavy (non-hydrogen) atoms. The van der Waals surface area contributed by atoms with Crippen molar-refractivity contribution in [1.82, 2.24) is 4.98 Å². The molecule has 10 heteroatoms. The third-order valence-corrected chi connectivity index (χ3v) is 7.63. The van der Waals surface area contributed by atoms with Gasteiger partial charge in [0.2, 0.25) is 0 Å². The molecule has 216 valence electrons. The number of benzene rings is 2. The number of hydrogen-bond donors (Lipinski definition) is 1. The predicted molar refractivity (Wildman–Crippen MR) is 157 cm³/mol. The van der Waals surface area contributed by atoms with Gasteiger partial charge in [-0.25, -0.2) is 9.78 Å². The number of hydrogen-bond acceptors (Lipinski definition) is 9. The van der Waals surface area contributed by atoms with E-state index in [1.165, 1.54) is 12.0 Å². The molecule has 1 aliphatic rings. The molecule has 4 rings (SSSR count). The van der Waals surface area contributed by atoms with Gasteiger partial charge in [0, 0.05) is 5.56 Å². The molecule has 0 spiro atoms. The van der Waals surface area contributed by atoms with Crippen molar-refractivity contribution in [3.05, 3.63) is 75.8 Å². The van der Waals surface area contributed by atoms with Crippen LogP contribution in [0.3, 0.4) is 0 Å². The second-order valence-corrected chi connectivity index (χ2v) is 11.0. The first-order valence-electron chi connectivity index (χ1n) is 13.5. The standard InChI is InChI=1S/C31H34N2O7S/c1-6-7-16-39-23-14-10-21(11-15-23)26(34)24-25(20-8-12-22(38-5)13-9-20)33(29(36)27(24)35)31-32-19(4)28(41-31)30(37)40-17-18(2)3/h8-15,18,25,34H,6-7,16-17H2,1-5H3/b26-24+. The summed E-state index contributed by atoms with van der Waals surface area (Å²) in [5.41, 5.74) is 1.21. The smallest absolute Gasteiger partial charge is 0.350 e. The zero-order chi connectivity index (χ0) is 29.7. The average molecular weight is 579 g/mol. The van der Waals surface area contributed by atoms with E-state index in [-0.39, 0.29) is 33.9 Å². The minimum absolute atomic E-state index is 0.0865. The summed E-state index contributed by atoms with van der Waals surface area (Å²) in [6.07, 6.45) is 1.92. The van der Waals surface area contributed by atoms with Crippen molar-refractivity contribution in [2.75, 3.05) is 25.2 Å². The molecular formula is C31H34N2O7S. The highest BCUT2D eigenvalue weighted by Crippen LogP contribution is 2.44. The second-order valence-electron chi connectivity index (χ2n) is 10.1. The van der Waals surface area contributed by atoms with E-state index in [0.29, 0.717) is 34.9 Å². The highest BCUT2D eigenvalue weighted by Gasteiger charge is 2.48. The van der Waals surface area contributed by atoms with E-state index in [2.05, 4.69) is 11.9 Å². The van der Waals surface area contributed by atoms with Crippen LogP contribution in [0.15, 0.2) is 54.1 Å². The quantitative estimate of drug-likeness (QED) is 0.0957. The van der Waals surface area contributed by atoms with Crippen LogP contribution >= 0.6 is 11.3 Å². The molecule has 0 saturated carbocycles. The Bertz CT molecular complexity index is 1440. The number of methoxy groups -OCH3 is 1. The van der Waals surface area contributed by atoms with Crippen molar-refractivity contribution >= 4 is 39.9 Å². The van der Waals surface area contributed by atoms with Crippen LogP contribution in [0, 0.1) is 12.8 Å². The Labute approximate surface area is 243 Å². The molecule has 1 N–H and O–H groups in total. The lowest BCUT2D eigenvalue weighted by molar-refractivity contribution is -0.132. The van der Waals surface area contributed by atoms with E-state index in [9.17, 15) is 19.5 Å². The Morgan fingerprint density at radius 3 is 2.34 bits per heavy atom. The number of anilines is 1. The summed E-state index contributed by atoms with van der Waals surface area (Å²) in [5, 5.41) is 11.6. The van der Waals surface area contributed by atoms with Crippen LogP contribution in [0.1, 0.15) is 66.1 Å². The Morgan fingerprint density at radius 2 is 1.73 bits per heavy atom. The normalized spacial score (nSPS) is 16.3. The summed E-state index contributed by atoms with van der Waals surface area (Å²) < 4.78 is 16.4. The van der Waals surface area contributed by atoms with Gasteiger partial charge in [-0.1, -0.05) is 50.7 Å². The van der Waals surface area contributed by atoms with Crippen LogP contribution in [0.5, 0.6) is 11.5 Å². The Morgan fingerprint density at radius 1 is 1.07 bits per heavy atom. The summed E-state index contributed by atoms with van der Waals surface area (Å²) in [6, 6.07) is 12.6. The maximum absolute atomic E-state index is 13.5. The Kier molecular flexibility index (Phi) is 9.44. The summed E-state index contributed by atoms with van der Waals surface area (Å²) in [5.74, 6) is -1.21. The van der Waals surface area contributed by atoms with Gasteiger partial charge in [-0.2, -0.15) is 0 Å². The minimum atomic E-state index is -0.994. The SMILES string of the molecule is CCCCOc1ccc(/C(O)=C2\C(=O)C(=O)N(c3nc(C)c(C(=O)OCC(C)C)s3)C2c2ccc(OC)cc2)cc1. The third-order valence-electron chi connectivity index (χ3n) is 6.49. The maximum atomic E-state index is 13.5. The summed E-state index contributed by atoms with van der Waals surface area (Å²) in [6.45, 7) is 8.40. The molecule has 1 saturated heterocycles. The molecule has 1 unspecified atom stereocenters. The largest absolute Gasteiger partial charge is 0.507 e. The van der Waals surface area contributed by atoms with Crippen molar-refractivity contribution in [3.8, 4) is 11.5 Å². The lowest BCUT2D eigenvalue weighted by Crippen LogP contribution is -2.29. The molecule has 3 aromatic rings. The zero-order valence-electron chi connectivity index (χ0n) is 23.8. The molecule has 1 aliphatic heterocycles. The summed E-state index contributed by atoms with van der Waals surface area (Å²) >= 11 is 0.971. The molecule has 1 amide bonds. The number of carbonyl (C=O) groups is 3. The maximum Gasteiger partial charge on any atom is 0.350 e. The first kappa shape index (κ1) is 29.8. The molecule has 0 aliphatic carbocycles. The highest BCUT2D eigenvalue weighted by atomic mass is 32.1. The molecule has 1 aromatic heterocycles. The van der Waals surface area contributed by atoms with Crippen LogP contribution in [0.4, 0.5) is 5.13 Å². The molecule has 0 bridgehead atoms. The van der Waals surface area contributed by atoms with E-state index in [1.807, 2.05) is 13.8 Å². The Hall–Kier alpha value is -4.18. The van der Waals surface area contributed by atoms with Crippen LogP contribution < -0.4 is 14.4 Å². The lowest BCUT2D eigenvalue weighted by Gasteiger charge is -2.23. The third kappa shape index (κ3) is 6.43. The number of esters is 1. The van der Waals surface area contributed by atoms with E-state index in [0.717, 1.165) is 24.2 Å². The monoisotopic (exact) mass is 578 g/mol. The summed E-state index contributed by atoms with van der Waals surface area (Å²) in [7, 11) is 1.54. The fourth-order valence-corrected chi connectivity index (χ4v) is 5.30. The molecule has 2 aromatic carbocycles. The first-order chi connectivity index (χ1) is 19.7. The molecule has 2 heterocycles. The molecule has 1 fully saturated rings. The highest BCUT2D eigenvalue weighted by molar-refractivity contribution is 7.17. The van der Waals surface area contributed by atoms with Crippen molar-refractivity contribution in [1.29, 1.82) is 0 Å². The van der Waals surface area contributed by atoms with Gasteiger partial charge in [0.25, 0.3) is 5.78 Å². The topological polar surface area (TPSA) is 115 Å². The fraction of sp³-hybridized carbons (Fsp3) is 0.355. The van der Waals surface area contributed by atoms with Crippen molar-refractivity contribution in [2.24, 2.45) is 5.92 Å². The van der Waals surface area contributed by atoms with Crippen LogP contribution in [0.2, 0.25) is 0 Å². The lowest BCUT2D eigenvalue weighted by atomic mass is 9.95. The predicted octanol–water partition coefficient (Wildman–Crippen LogP) is 6.08. The van der Waals surface area contributed by atoms with Gasteiger partial charge in [-0.3, -0.25) is 14.5 Å². The fourth-order valence-electron chi connectivity index (χ4n) is 4.31. The number of aliphatic hydroxyl groups excluding tert-OH is 1. The van der Waals surface area contributed by atoms with E-state index in [1.54, 1.807) is 55.5 Å².